The summed E-state index contributed by atoms with van der Waals surface area (Å²) < 4.78 is 5.52. The lowest BCUT2D eigenvalue weighted by atomic mass is 9.95. The molecule has 0 spiro atoms. The van der Waals surface area contributed by atoms with Crippen molar-refractivity contribution in [1.82, 2.24) is 15.5 Å². The fraction of sp³-hybridized carbons (Fsp3) is 0.500. The van der Waals surface area contributed by atoms with E-state index < -0.39 is 29.7 Å². The van der Waals surface area contributed by atoms with Gasteiger partial charge in [0, 0.05) is 18.5 Å². The van der Waals surface area contributed by atoms with Gasteiger partial charge in [0.25, 0.3) is 0 Å². The normalized spacial score (nSPS) is 13.7. The second-order valence-electron chi connectivity index (χ2n) is 12.6. The molecule has 0 heterocycles. The number of ether oxygens (including phenoxy) is 1. The average molecular weight is 580 g/mol. The van der Waals surface area contributed by atoms with Crippen LogP contribution in [0.1, 0.15) is 91.0 Å². The number of aromatic hydroxyl groups is 1. The van der Waals surface area contributed by atoms with Gasteiger partial charge in [-0.05, 0) is 95.2 Å². The molecule has 230 valence electrons. The first-order valence-electron chi connectivity index (χ1n) is 14.7. The third kappa shape index (κ3) is 10.9. The Bertz CT molecular complexity index is 1200. The highest BCUT2D eigenvalue weighted by atomic mass is 16.6. The van der Waals surface area contributed by atoms with Gasteiger partial charge >= 0.3 is 6.09 Å². The van der Waals surface area contributed by atoms with Gasteiger partial charge in [0.15, 0.2) is 0 Å². The van der Waals surface area contributed by atoms with Crippen molar-refractivity contribution in [2.45, 2.75) is 104 Å². The highest BCUT2D eigenvalue weighted by Gasteiger charge is 2.39. The van der Waals surface area contributed by atoms with Crippen molar-refractivity contribution in [3.8, 4) is 5.75 Å². The van der Waals surface area contributed by atoms with Crippen LogP contribution in [-0.2, 0) is 20.7 Å². The van der Waals surface area contributed by atoms with Gasteiger partial charge in [0.2, 0.25) is 11.8 Å². The van der Waals surface area contributed by atoms with E-state index in [9.17, 15) is 19.5 Å². The molecule has 2 aromatic rings. The van der Waals surface area contributed by atoms with Crippen LogP contribution in [0.2, 0.25) is 0 Å². The van der Waals surface area contributed by atoms with Crippen LogP contribution < -0.4 is 10.6 Å². The largest absolute Gasteiger partial charge is 0.508 e. The Morgan fingerprint density at radius 2 is 1.62 bits per heavy atom. The van der Waals surface area contributed by atoms with E-state index >= 15 is 0 Å². The number of benzene rings is 2. The Balaban J connectivity index is 2.68. The number of nitrogens with zero attached hydrogens (tertiary/aromatic N) is 1. The van der Waals surface area contributed by atoms with E-state index in [2.05, 4.69) is 31.1 Å². The minimum atomic E-state index is -1.04. The monoisotopic (exact) mass is 579 g/mol. The first kappa shape index (κ1) is 34.4. The van der Waals surface area contributed by atoms with Crippen molar-refractivity contribution in [2.24, 2.45) is 5.92 Å². The van der Waals surface area contributed by atoms with E-state index in [1.807, 2.05) is 45.0 Å². The van der Waals surface area contributed by atoms with Gasteiger partial charge in [0.05, 0.1) is 0 Å². The minimum Gasteiger partial charge on any atom is -0.508 e. The zero-order valence-electron chi connectivity index (χ0n) is 26.4. The van der Waals surface area contributed by atoms with Crippen LogP contribution in [0.25, 0.3) is 6.08 Å². The van der Waals surface area contributed by atoms with Crippen LogP contribution in [-0.4, -0.2) is 51.6 Å². The third-order valence-electron chi connectivity index (χ3n) is 6.68. The molecule has 42 heavy (non-hydrogen) atoms. The summed E-state index contributed by atoms with van der Waals surface area (Å²) in [4.78, 5) is 43.2. The average Bonchev–Trinajstić information content (AvgIpc) is 2.89. The van der Waals surface area contributed by atoms with Gasteiger partial charge in [-0.3, -0.25) is 9.59 Å². The second kappa shape index (κ2) is 15.4. The van der Waals surface area contributed by atoms with Crippen LogP contribution in [0.3, 0.4) is 0 Å². The molecule has 0 fully saturated rings. The first-order valence-corrected chi connectivity index (χ1v) is 14.7. The summed E-state index contributed by atoms with van der Waals surface area (Å²) in [6, 6.07) is 11.4. The number of carbonyl (C=O) groups excluding carboxylic acids is 3. The van der Waals surface area contributed by atoms with E-state index in [0.717, 1.165) is 17.5 Å². The van der Waals surface area contributed by atoms with Crippen molar-refractivity contribution in [2.75, 3.05) is 0 Å². The summed E-state index contributed by atoms with van der Waals surface area (Å²) in [6.07, 6.45) is 2.61. The molecule has 3 atom stereocenters. The number of alkyl carbamates (subject to hydrolysis) is 1. The topological polar surface area (TPSA) is 108 Å². The second-order valence-corrected chi connectivity index (χ2v) is 12.6. The summed E-state index contributed by atoms with van der Waals surface area (Å²) >= 11 is 0. The first-order chi connectivity index (χ1) is 19.6. The summed E-state index contributed by atoms with van der Waals surface area (Å²) in [5.41, 5.74) is 1.43. The molecule has 0 saturated heterocycles. The Kier molecular flexibility index (Phi) is 12.6. The molecule has 3 unspecified atom stereocenters. The zero-order chi connectivity index (χ0) is 31.6. The molecule has 3 amide bonds. The molecular formula is C34H49N3O5. The van der Waals surface area contributed by atoms with Gasteiger partial charge in [-0.25, -0.2) is 4.79 Å². The molecular weight excluding hydrogens is 530 g/mol. The molecule has 0 aliphatic rings. The maximum absolute atomic E-state index is 14.7. The van der Waals surface area contributed by atoms with Crippen LogP contribution in [0.15, 0.2) is 55.1 Å². The standard InChI is InChI=1S/C34H49N3O5/c1-10-25-12-11-13-27(20-25)30(31(39)35-23(4)5)37(24(6)15-14-22(2)3)32(40)29(36-33(41)42-34(7,8)9)21-26-16-18-28(38)19-17-26/h10-13,16-20,22-24,29-30,38H,1,14-15,21H2,2-9H3,(H,35,39)(H,36,41). The summed E-state index contributed by atoms with van der Waals surface area (Å²) in [7, 11) is 0. The summed E-state index contributed by atoms with van der Waals surface area (Å²) in [6.45, 7) is 19.1. The van der Waals surface area contributed by atoms with Gasteiger partial charge < -0.3 is 25.4 Å². The number of hydrogen-bond acceptors (Lipinski definition) is 5. The number of amides is 3. The molecule has 2 aromatic carbocycles. The van der Waals surface area contributed by atoms with Crippen molar-refractivity contribution in [3.63, 3.8) is 0 Å². The predicted octanol–water partition coefficient (Wildman–Crippen LogP) is 6.39. The van der Waals surface area contributed by atoms with E-state index in [4.69, 9.17) is 4.74 Å². The quantitative estimate of drug-likeness (QED) is 0.255. The number of rotatable bonds is 13. The molecule has 2 rings (SSSR count). The molecule has 0 aliphatic carbocycles. The minimum absolute atomic E-state index is 0.0955. The highest BCUT2D eigenvalue weighted by molar-refractivity contribution is 5.92. The van der Waals surface area contributed by atoms with Crippen molar-refractivity contribution in [3.05, 3.63) is 71.8 Å². The molecule has 0 saturated carbocycles. The maximum Gasteiger partial charge on any atom is 0.408 e. The molecule has 8 nitrogen and oxygen atoms in total. The lowest BCUT2D eigenvalue weighted by Crippen LogP contribution is -2.56. The SMILES string of the molecule is C=Cc1cccc(C(C(=O)NC(C)C)N(C(=O)C(Cc2ccc(O)cc2)NC(=O)OC(C)(C)C)C(C)CCC(C)C)c1. The van der Waals surface area contributed by atoms with E-state index in [1.165, 1.54) is 12.1 Å². The van der Waals surface area contributed by atoms with E-state index in [1.54, 1.807) is 43.9 Å². The lowest BCUT2D eigenvalue weighted by Gasteiger charge is -2.39. The number of hydrogen-bond donors (Lipinski definition) is 3. The van der Waals surface area contributed by atoms with Crippen LogP contribution in [0.5, 0.6) is 5.75 Å². The van der Waals surface area contributed by atoms with Gasteiger partial charge in [-0.2, -0.15) is 0 Å². The van der Waals surface area contributed by atoms with Crippen molar-refractivity contribution in [1.29, 1.82) is 0 Å². The van der Waals surface area contributed by atoms with Gasteiger partial charge in [-0.15, -0.1) is 0 Å². The maximum atomic E-state index is 14.7. The zero-order valence-corrected chi connectivity index (χ0v) is 26.4. The van der Waals surface area contributed by atoms with E-state index in [-0.39, 0.29) is 30.2 Å². The van der Waals surface area contributed by atoms with Gasteiger partial charge in [0.1, 0.15) is 23.4 Å². The predicted molar refractivity (Wildman–Crippen MR) is 168 cm³/mol. The number of phenols is 1. The van der Waals surface area contributed by atoms with Crippen LogP contribution in [0.4, 0.5) is 4.79 Å². The Morgan fingerprint density at radius 1 is 0.976 bits per heavy atom. The molecule has 0 bridgehead atoms. The lowest BCUT2D eigenvalue weighted by molar-refractivity contribution is -0.145. The molecule has 3 N–H and O–H groups in total. The molecule has 8 heteroatoms. The highest BCUT2D eigenvalue weighted by Crippen LogP contribution is 2.29. The van der Waals surface area contributed by atoms with Crippen LogP contribution in [0, 0.1) is 5.92 Å². The van der Waals surface area contributed by atoms with E-state index in [0.29, 0.717) is 17.9 Å². The molecule has 0 radical (unpaired) electrons. The van der Waals surface area contributed by atoms with Crippen molar-refractivity contribution >= 4 is 24.0 Å². The summed E-state index contributed by atoms with van der Waals surface area (Å²) in [5, 5.41) is 15.6. The third-order valence-corrected chi connectivity index (χ3v) is 6.68. The van der Waals surface area contributed by atoms with Gasteiger partial charge in [-0.1, -0.05) is 56.8 Å². The Labute approximate surface area is 251 Å². The fourth-order valence-electron chi connectivity index (χ4n) is 4.67. The smallest absolute Gasteiger partial charge is 0.408 e. The number of nitrogens with one attached hydrogen (secondary N) is 2. The summed E-state index contributed by atoms with van der Waals surface area (Å²) in [5.74, 6) is -0.225. The fourth-order valence-corrected chi connectivity index (χ4v) is 4.67. The van der Waals surface area contributed by atoms with Crippen molar-refractivity contribution < 1.29 is 24.2 Å². The Morgan fingerprint density at radius 3 is 2.17 bits per heavy atom. The number of carbonyl (C=O) groups is 3. The Hall–Kier alpha value is -3.81. The molecule has 0 aliphatic heterocycles. The molecule has 0 aromatic heterocycles. The number of phenolic OH excluding ortho intramolecular Hbond substituents is 1. The van der Waals surface area contributed by atoms with Crippen LogP contribution >= 0.6 is 0 Å².